The highest BCUT2D eigenvalue weighted by atomic mass is 16.4. The van der Waals surface area contributed by atoms with Crippen molar-refractivity contribution in [1.29, 1.82) is 0 Å². The molecule has 11 heteroatoms. The third-order valence-electron chi connectivity index (χ3n) is 3.64. The molecule has 0 radical (unpaired) electrons. The second-order valence-electron chi connectivity index (χ2n) is 5.48. The van der Waals surface area contributed by atoms with E-state index in [9.17, 15) is 9.59 Å². The van der Waals surface area contributed by atoms with E-state index in [4.69, 9.17) is 4.42 Å². The smallest absolute Gasteiger partial charge is 0.302 e. The Morgan fingerprint density at radius 1 is 0.964 bits per heavy atom. The van der Waals surface area contributed by atoms with Gasteiger partial charge in [-0.05, 0) is 46.8 Å². The minimum atomic E-state index is -0.483. The minimum absolute atomic E-state index is 0.0228. The topological polar surface area (TPSA) is 141 Å². The van der Waals surface area contributed by atoms with Crippen LogP contribution in [0.3, 0.4) is 0 Å². The second kappa shape index (κ2) is 7.45. The molecule has 0 aliphatic rings. The van der Waals surface area contributed by atoms with Gasteiger partial charge >= 0.3 is 6.01 Å². The summed E-state index contributed by atoms with van der Waals surface area (Å²) in [6, 6.07) is 9.89. The van der Waals surface area contributed by atoms with Gasteiger partial charge in [0.25, 0.3) is 11.8 Å². The zero-order chi connectivity index (χ0) is 19.3. The molecule has 0 aliphatic heterocycles. The fraction of sp³-hybridized carbons (Fsp3) is 0. The summed E-state index contributed by atoms with van der Waals surface area (Å²) in [4.78, 5) is 32.2. The number of nitrogens with one attached hydrogen (secondary N) is 2. The van der Waals surface area contributed by atoms with E-state index in [2.05, 4.69) is 36.1 Å². The van der Waals surface area contributed by atoms with E-state index < -0.39 is 11.8 Å². The van der Waals surface area contributed by atoms with Gasteiger partial charge < -0.3 is 9.73 Å². The van der Waals surface area contributed by atoms with Crippen LogP contribution in [0.2, 0.25) is 0 Å². The number of carbonyl (C=O) groups excluding carboxylic acids is 2. The Kier molecular flexibility index (Phi) is 4.53. The van der Waals surface area contributed by atoms with Gasteiger partial charge in [0.05, 0.1) is 5.69 Å². The molecule has 4 rings (SSSR count). The monoisotopic (exact) mass is 376 g/mol. The predicted molar refractivity (Wildman–Crippen MR) is 95.8 cm³/mol. The molecule has 0 saturated carbocycles. The molecule has 3 aromatic heterocycles. The van der Waals surface area contributed by atoms with E-state index in [0.29, 0.717) is 11.3 Å². The van der Waals surface area contributed by atoms with Crippen molar-refractivity contribution in [3.63, 3.8) is 0 Å². The highest BCUT2D eigenvalue weighted by molar-refractivity contribution is 6.05. The molecule has 2 amide bonds. The molecular formula is C17H12N8O3. The van der Waals surface area contributed by atoms with Gasteiger partial charge in [-0.3, -0.25) is 19.9 Å². The zero-order valence-corrected chi connectivity index (χ0v) is 14.2. The van der Waals surface area contributed by atoms with Crippen molar-refractivity contribution in [2.45, 2.75) is 0 Å². The van der Waals surface area contributed by atoms with Crippen molar-refractivity contribution in [3.05, 3.63) is 72.6 Å². The molecule has 0 fully saturated rings. The number of nitrogens with zero attached hydrogens (tertiary/aromatic N) is 6. The standard InChI is InChI=1S/C17H12N8O3/c26-15(11-5-7-18-8-6-11)22-17-21-14(9-28-17)16(27)20-12-1-3-13(4-2-12)25-10-19-23-24-25/h1-10H,(H,20,27)(H,21,22,26). The molecule has 0 atom stereocenters. The molecule has 0 unspecified atom stereocenters. The van der Waals surface area contributed by atoms with Crippen molar-refractivity contribution in [2.75, 3.05) is 10.6 Å². The molecule has 3 heterocycles. The molecular weight excluding hydrogens is 364 g/mol. The third-order valence-corrected chi connectivity index (χ3v) is 3.64. The number of pyridine rings is 1. The van der Waals surface area contributed by atoms with E-state index in [1.807, 2.05) is 0 Å². The Balaban J connectivity index is 1.40. The van der Waals surface area contributed by atoms with Crippen LogP contribution in [0.1, 0.15) is 20.8 Å². The summed E-state index contributed by atoms with van der Waals surface area (Å²) in [5, 5.41) is 16.1. The van der Waals surface area contributed by atoms with E-state index in [-0.39, 0.29) is 11.7 Å². The number of aromatic nitrogens is 6. The molecule has 0 spiro atoms. The van der Waals surface area contributed by atoms with Crippen LogP contribution in [0.5, 0.6) is 0 Å². The molecule has 0 bridgehead atoms. The normalized spacial score (nSPS) is 10.4. The summed E-state index contributed by atoms with van der Waals surface area (Å²) in [6.07, 6.45) is 5.61. The van der Waals surface area contributed by atoms with Gasteiger partial charge in [-0.15, -0.1) is 5.10 Å². The molecule has 1 aromatic carbocycles. The summed E-state index contributed by atoms with van der Waals surface area (Å²) in [5.74, 6) is -0.905. The number of amides is 2. The van der Waals surface area contributed by atoms with Crippen molar-refractivity contribution in [1.82, 2.24) is 30.2 Å². The van der Waals surface area contributed by atoms with Gasteiger partial charge in [-0.1, -0.05) is 0 Å². The van der Waals surface area contributed by atoms with Gasteiger partial charge in [-0.2, -0.15) is 4.98 Å². The Morgan fingerprint density at radius 3 is 2.46 bits per heavy atom. The number of hydrogen-bond acceptors (Lipinski definition) is 8. The lowest BCUT2D eigenvalue weighted by Crippen LogP contribution is -2.14. The average Bonchev–Trinajstić information content (AvgIpc) is 3.41. The number of anilines is 2. The summed E-state index contributed by atoms with van der Waals surface area (Å²) in [7, 11) is 0. The maximum Gasteiger partial charge on any atom is 0.302 e. The summed E-state index contributed by atoms with van der Waals surface area (Å²) in [5.41, 5.74) is 1.70. The molecule has 0 aliphatic carbocycles. The highest BCUT2D eigenvalue weighted by Crippen LogP contribution is 2.15. The molecule has 2 N–H and O–H groups in total. The third kappa shape index (κ3) is 3.72. The lowest BCUT2D eigenvalue weighted by Gasteiger charge is -2.04. The fourth-order valence-corrected chi connectivity index (χ4v) is 2.28. The molecule has 4 aromatic rings. The largest absolute Gasteiger partial charge is 0.431 e. The maximum atomic E-state index is 12.3. The van der Waals surface area contributed by atoms with Crippen molar-refractivity contribution in [3.8, 4) is 5.69 Å². The first-order valence-electron chi connectivity index (χ1n) is 8.01. The van der Waals surface area contributed by atoms with E-state index in [0.717, 1.165) is 12.0 Å². The van der Waals surface area contributed by atoms with Crippen LogP contribution in [0, 0.1) is 0 Å². The Morgan fingerprint density at radius 2 is 1.75 bits per heavy atom. The van der Waals surface area contributed by atoms with Gasteiger partial charge in [0.15, 0.2) is 5.69 Å². The van der Waals surface area contributed by atoms with Crippen LogP contribution >= 0.6 is 0 Å². The lowest BCUT2D eigenvalue weighted by atomic mass is 10.2. The number of benzene rings is 1. The van der Waals surface area contributed by atoms with Gasteiger partial charge in [0.2, 0.25) is 0 Å². The molecule has 11 nitrogen and oxygen atoms in total. The van der Waals surface area contributed by atoms with Gasteiger partial charge in [0, 0.05) is 23.6 Å². The fourth-order valence-electron chi connectivity index (χ4n) is 2.28. The van der Waals surface area contributed by atoms with Crippen molar-refractivity contribution in [2.24, 2.45) is 0 Å². The molecule has 0 saturated heterocycles. The summed E-state index contributed by atoms with van der Waals surface area (Å²) in [6.45, 7) is 0. The average molecular weight is 376 g/mol. The lowest BCUT2D eigenvalue weighted by molar-refractivity contribution is 0.101. The minimum Gasteiger partial charge on any atom is -0.431 e. The first-order valence-corrected chi connectivity index (χ1v) is 8.01. The second-order valence-corrected chi connectivity index (χ2v) is 5.48. The SMILES string of the molecule is O=C(Nc1nc(C(=O)Nc2ccc(-n3cnnn3)cc2)co1)c1ccncc1. The molecule has 28 heavy (non-hydrogen) atoms. The number of carbonyl (C=O) groups is 2. The van der Waals surface area contributed by atoms with Gasteiger partial charge in [0.1, 0.15) is 12.6 Å². The first-order chi connectivity index (χ1) is 13.7. The quantitative estimate of drug-likeness (QED) is 0.534. The Hall–Kier alpha value is -4.41. The number of rotatable bonds is 5. The zero-order valence-electron chi connectivity index (χ0n) is 14.2. The highest BCUT2D eigenvalue weighted by Gasteiger charge is 2.15. The number of tetrazole rings is 1. The van der Waals surface area contributed by atoms with E-state index >= 15 is 0 Å². The van der Waals surface area contributed by atoms with Gasteiger partial charge in [-0.25, -0.2) is 4.68 Å². The first kappa shape index (κ1) is 17.0. The van der Waals surface area contributed by atoms with Crippen molar-refractivity contribution >= 4 is 23.5 Å². The van der Waals surface area contributed by atoms with Crippen LogP contribution in [-0.2, 0) is 0 Å². The predicted octanol–water partition coefficient (Wildman–Crippen LogP) is 1.55. The van der Waals surface area contributed by atoms with Crippen LogP contribution < -0.4 is 10.6 Å². The van der Waals surface area contributed by atoms with E-state index in [1.54, 1.807) is 36.4 Å². The van der Waals surface area contributed by atoms with Crippen molar-refractivity contribution < 1.29 is 14.0 Å². The summed E-state index contributed by atoms with van der Waals surface area (Å²) < 4.78 is 6.63. The Labute approximate surface area is 157 Å². The van der Waals surface area contributed by atoms with Crippen LogP contribution in [-0.4, -0.2) is 42.0 Å². The number of oxazole rings is 1. The van der Waals surface area contributed by atoms with Crippen LogP contribution in [0.4, 0.5) is 11.7 Å². The van der Waals surface area contributed by atoms with Crippen LogP contribution in [0.15, 0.2) is 65.8 Å². The van der Waals surface area contributed by atoms with E-state index in [1.165, 1.54) is 23.4 Å². The molecule has 138 valence electrons. The number of hydrogen-bond donors (Lipinski definition) is 2. The van der Waals surface area contributed by atoms with Crippen LogP contribution in [0.25, 0.3) is 5.69 Å². The Bertz CT molecular complexity index is 1090. The summed E-state index contributed by atoms with van der Waals surface area (Å²) >= 11 is 0. The maximum absolute atomic E-state index is 12.3.